The molecular formula is C17H15FN2O2S. The lowest BCUT2D eigenvalue weighted by Crippen LogP contribution is -1.91. The first kappa shape index (κ1) is 15.3. The summed E-state index contributed by atoms with van der Waals surface area (Å²) in [5.74, 6) is 0.885. The predicted octanol–water partition coefficient (Wildman–Crippen LogP) is 4.22. The van der Waals surface area contributed by atoms with E-state index in [0.29, 0.717) is 11.5 Å². The molecule has 0 spiro atoms. The molecule has 3 aromatic rings. The molecule has 0 atom stereocenters. The fourth-order valence-electron chi connectivity index (χ4n) is 2.21. The van der Waals surface area contributed by atoms with Gasteiger partial charge in [0.2, 0.25) is 0 Å². The minimum atomic E-state index is -0.427. The zero-order chi connectivity index (χ0) is 16.4. The van der Waals surface area contributed by atoms with Gasteiger partial charge in [-0.05, 0) is 36.4 Å². The van der Waals surface area contributed by atoms with E-state index in [1.165, 1.54) is 17.4 Å². The van der Waals surface area contributed by atoms with Gasteiger partial charge in [-0.25, -0.2) is 9.37 Å². The van der Waals surface area contributed by atoms with Crippen LogP contribution in [0.15, 0.2) is 41.8 Å². The quantitative estimate of drug-likeness (QED) is 0.728. The van der Waals surface area contributed by atoms with E-state index in [2.05, 4.69) is 4.98 Å². The highest BCUT2D eigenvalue weighted by molar-refractivity contribution is 7.13. The van der Waals surface area contributed by atoms with Crippen molar-refractivity contribution in [3.8, 4) is 33.3 Å². The molecule has 0 saturated carbocycles. The van der Waals surface area contributed by atoms with E-state index in [1.807, 2.05) is 23.6 Å². The Bertz CT molecular complexity index is 848. The van der Waals surface area contributed by atoms with E-state index in [1.54, 1.807) is 26.4 Å². The largest absolute Gasteiger partial charge is 0.493 e. The summed E-state index contributed by atoms with van der Waals surface area (Å²) in [5.41, 5.74) is 8.20. The van der Waals surface area contributed by atoms with Crippen molar-refractivity contribution in [2.24, 2.45) is 0 Å². The second-order valence-corrected chi connectivity index (χ2v) is 5.70. The van der Waals surface area contributed by atoms with Gasteiger partial charge in [-0.2, -0.15) is 0 Å². The standard InChI is InChI=1S/C17H15FN2O2S/c1-21-15-6-4-11(8-16(15)22-2)17-20-14(9-23-17)10-3-5-12(18)13(19)7-10/h3-9H,19H2,1-2H3. The van der Waals surface area contributed by atoms with Crippen LogP contribution in [0, 0.1) is 5.82 Å². The Morgan fingerprint density at radius 2 is 1.74 bits per heavy atom. The second-order valence-electron chi connectivity index (χ2n) is 4.84. The van der Waals surface area contributed by atoms with Crippen LogP contribution in [0.5, 0.6) is 11.5 Å². The molecular weight excluding hydrogens is 315 g/mol. The normalized spacial score (nSPS) is 10.6. The van der Waals surface area contributed by atoms with Gasteiger partial charge >= 0.3 is 0 Å². The van der Waals surface area contributed by atoms with Crippen molar-refractivity contribution in [1.82, 2.24) is 4.98 Å². The van der Waals surface area contributed by atoms with Gasteiger partial charge in [0.25, 0.3) is 0 Å². The van der Waals surface area contributed by atoms with E-state index in [9.17, 15) is 4.39 Å². The van der Waals surface area contributed by atoms with Crippen LogP contribution in [0.4, 0.5) is 10.1 Å². The third kappa shape index (κ3) is 2.98. The Morgan fingerprint density at radius 3 is 2.43 bits per heavy atom. The summed E-state index contributed by atoms with van der Waals surface area (Å²) in [6, 6.07) is 10.2. The number of anilines is 1. The molecule has 1 aromatic heterocycles. The second kappa shape index (κ2) is 6.26. The Balaban J connectivity index is 1.97. The minimum absolute atomic E-state index is 0.114. The molecule has 0 unspecified atom stereocenters. The molecule has 0 amide bonds. The lowest BCUT2D eigenvalue weighted by Gasteiger charge is -2.08. The van der Waals surface area contributed by atoms with Gasteiger partial charge in [-0.15, -0.1) is 11.3 Å². The van der Waals surface area contributed by atoms with Crippen LogP contribution in [-0.2, 0) is 0 Å². The van der Waals surface area contributed by atoms with Crippen molar-refractivity contribution in [3.63, 3.8) is 0 Å². The Hall–Kier alpha value is -2.60. The predicted molar refractivity (Wildman–Crippen MR) is 90.5 cm³/mol. The number of nitrogens with two attached hydrogens (primary N) is 1. The van der Waals surface area contributed by atoms with E-state index >= 15 is 0 Å². The summed E-state index contributed by atoms with van der Waals surface area (Å²) < 4.78 is 23.8. The van der Waals surface area contributed by atoms with Gasteiger partial charge in [-0.1, -0.05) is 0 Å². The number of halogens is 1. The number of nitrogens with zero attached hydrogens (tertiary/aromatic N) is 1. The molecule has 1 heterocycles. The highest BCUT2D eigenvalue weighted by atomic mass is 32.1. The number of hydrogen-bond donors (Lipinski definition) is 1. The van der Waals surface area contributed by atoms with Gasteiger partial charge in [0.1, 0.15) is 10.8 Å². The molecule has 0 bridgehead atoms. The van der Waals surface area contributed by atoms with E-state index in [4.69, 9.17) is 15.2 Å². The Kier molecular flexibility index (Phi) is 4.16. The number of hydrogen-bond acceptors (Lipinski definition) is 5. The van der Waals surface area contributed by atoms with Gasteiger partial charge in [0, 0.05) is 16.5 Å². The molecule has 6 heteroatoms. The average molecular weight is 330 g/mol. The maximum Gasteiger partial charge on any atom is 0.161 e. The first-order chi connectivity index (χ1) is 11.1. The van der Waals surface area contributed by atoms with E-state index in [-0.39, 0.29) is 5.69 Å². The maximum atomic E-state index is 13.3. The van der Waals surface area contributed by atoms with Crippen molar-refractivity contribution in [3.05, 3.63) is 47.6 Å². The van der Waals surface area contributed by atoms with E-state index < -0.39 is 5.82 Å². The molecule has 4 nitrogen and oxygen atoms in total. The minimum Gasteiger partial charge on any atom is -0.493 e. The third-order valence-corrected chi connectivity index (χ3v) is 4.32. The van der Waals surface area contributed by atoms with Crippen molar-refractivity contribution in [2.45, 2.75) is 0 Å². The fraction of sp³-hybridized carbons (Fsp3) is 0.118. The average Bonchev–Trinajstić information content (AvgIpc) is 3.06. The number of thiazole rings is 1. The van der Waals surface area contributed by atoms with Crippen molar-refractivity contribution in [1.29, 1.82) is 0 Å². The summed E-state index contributed by atoms with van der Waals surface area (Å²) >= 11 is 1.50. The molecule has 2 N–H and O–H groups in total. The Labute approximate surface area is 137 Å². The molecule has 118 valence electrons. The molecule has 0 saturated heterocycles. The van der Waals surface area contributed by atoms with Crippen LogP contribution in [0.3, 0.4) is 0 Å². The summed E-state index contributed by atoms with van der Waals surface area (Å²) in [6.07, 6.45) is 0. The molecule has 0 aliphatic carbocycles. The van der Waals surface area contributed by atoms with Crippen LogP contribution in [-0.4, -0.2) is 19.2 Å². The van der Waals surface area contributed by atoms with Crippen LogP contribution in [0.25, 0.3) is 21.8 Å². The van der Waals surface area contributed by atoms with Gasteiger partial charge in [0.05, 0.1) is 25.6 Å². The topological polar surface area (TPSA) is 57.4 Å². The van der Waals surface area contributed by atoms with Gasteiger partial charge in [0.15, 0.2) is 11.5 Å². The first-order valence-corrected chi connectivity index (χ1v) is 7.73. The zero-order valence-corrected chi connectivity index (χ0v) is 13.5. The number of ether oxygens (including phenoxy) is 2. The maximum absolute atomic E-state index is 13.3. The molecule has 0 aliphatic heterocycles. The summed E-state index contributed by atoms with van der Waals surface area (Å²) in [7, 11) is 3.19. The molecule has 0 aliphatic rings. The molecule has 23 heavy (non-hydrogen) atoms. The van der Waals surface area contributed by atoms with Crippen LogP contribution >= 0.6 is 11.3 Å². The number of aromatic nitrogens is 1. The third-order valence-electron chi connectivity index (χ3n) is 3.43. The van der Waals surface area contributed by atoms with Crippen LogP contribution in [0.2, 0.25) is 0 Å². The molecule has 0 radical (unpaired) electrons. The zero-order valence-electron chi connectivity index (χ0n) is 12.7. The van der Waals surface area contributed by atoms with Crippen molar-refractivity contribution in [2.75, 3.05) is 20.0 Å². The van der Waals surface area contributed by atoms with Crippen LogP contribution < -0.4 is 15.2 Å². The monoisotopic (exact) mass is 330 g/mol. The first-order valence-electron chi connectivity index (χ1n) is 6.85. The van der Waals surface area contributed by atoms with Crippen molar-refractivity contribution >= 4 is 17.0 Å². The highest BCUT2D eigenvalue weighted by Crippen LogP contribution is 2.35. The van der Waals surface area contributed by atoms with Crippen LogP contribution in [0.1, 0.15) is 0 Å². The number of methoxy groups -OCH3 is 2. The van der Waals surface area contributed by atoms with E-state index in [0.717, 1.165) is 21.8 Å². The lowest BCUT2D eigenvalue weighted by atomic mass is 10.1. The molecule has 3 rings (SSSR count). The number of benzene rings is 2. The highest BCUT2D eigenvalue weighted by Gasteiger charge is 2.11. The lowest BCUT2D eigenvalue weighted by molar-refractivity contribution is 0.355. The fourth-order valence-corrected chi connectivity index (χ4v) is 3.04. The summed E-state index contributed by atoms with van der Waals surface area (Å²) in [5, 5.41) is 2.75. The number of nitrogen functional groups attached to an aromatic ring is 1. The van der Waals surface area contributed by atoms with Crippen molar-refractivity contribution < 1.29 is 13.9 Å². The Morgan fingerprint density at radius 1 is 1.00 bits per heavy atom. The summed E-state index contributed by atoms with van der Waals surface area (Å²) in [4.78, 5) is 4.60. The smallest absolute Gasteiger partial charge is 0.161 e. The molecule has 2 aromatic carbocycles. The summed E-state index contributed by atoms with van der Waals surface area (Å²) in [6.45, 7) is 0. The number of rotatable bonds is 4. The van der Waals surface area contributed by atoms with Gasteiger partial charge < -0.3 is 15.2 Å². The van der Waals surface area contributed by atoms with Gasteiger partial charge in [-0.3, -0.25) is 0 Å². The SMILES string of the molecule is COc1ccc(-c2nc(-c3ccc(F)c(N)c3)cs2)cc1OC. The molecule has 0 fully saturated rings.